The number of halogens is 1. The van der Waals surface area contributed by atoms with Crippen LogP contribution in [0.25, 0.3) is 10.9 Å². The Balaban J connectivity index is 2.29. The molecule has 0 bridgehead atoms. The van der Waals surface area contributed by atoms with Crippen molar-refractivity contribution in [1.29, 1.82) is 0 Å². The van der Waals surface area contributed by atoms with Crippen molar-refractivity contribution in [3.05, 3.63) is 40.5 Å². The molecule has 0 radical (unpaired) electrons. The molecule has 18 heavy (non-hydrogen) atoms. The van der Waals surface area contributed by atoms with Crippen molar-refractivity contribution in [3.8, 4) is 0 Å². The minimum absolute atomic E-state index is 0.192. The third kappa shape index (κ3) is 3.03. The lowest BCUT2D eigenvalue weighted by molar-refractivity contribution is -0.117. The standard InChI is InChI=1S/C13H13BrN2OS/c1-8(13(15)17)18-7-10-6-11(14)5-9-3-2-4-16-12(9)10/h2-6,8H,7H2,1H3,(H2,15,17)/t8-/m1/s1. The van der Waals surface area contributed by atoms with Gasteiger partial charge in [-0.3, -0.25) is 9.78 Å². The zero-order valence-electron chi connectivity index (χ0n) is 9.89. The molecule has 1 heterocycles. The number of aromatic nitrogens is 1. The predicted molar refractivity (Wildman–Crippen MR) is 79.4 cm³/mol. The van der Waals surface area contributed by atoms with E-state index in [4.69, 9.17) is 5.73 Å². The van der Waals surface area contributed by atoms with Crippen LogP contribution >= 0.6 is 27.7 Å². The van der Waals surface area contributed by atoms with E-state index in [0.717, 1.165) is 26.7 Å². The highest BCUT2D eigenvalue weighted by atomic mass is 79.9. The number of amides is 1. The third-order valence-electron chi connectivity index (χ3n) is 2.64. The molecule has 94 valence electrons. The summed E-state index contributed by atoms with van der Waals surface area (Å²) < 4.78 is 1.02. The van der Waals surface area contributed by atoms with Gasteiger partial charge in [-0.2, -0.15) is 0 Å². The number of thioether (sulfide) groups is 1. The van der Waals surface area contributed by atoms with Gasteiger partial charge in [0.1, 0.15) is 0 Å². The lowest BCUT2D eigenvalue weighted by atomic mass is 10.1. The maximum atomic E-state index is 11.0. The van der Waals surface area contributed by atoms with Crippen LogP contribution < -0.4 is 5.73 Å². The molecule has 0 spiro atoms. The summed E-state index contributed by atoms with van der Waals surface area (Å²) in [4.78, 5) is 15.4. The number of rotatable bonds is 4. The Bertz CT molecular complexity index is 588. The van der Waals surface area contributed by atoms with Gasteiger partial charge in [0.05, 0.1) is 10.8 Å². The summed E-state index contributed by atoms with van der Waals surface area (Å²) in [7, 11) is 0. The summed E-state index contributed by atoms with van der Waals surface area (Å²) in [5, 5.41) is 0.900. The van der Waals surface area contributed by atoms with Gasteiger partial charge < -0.3 is 5.73 Å². The van der Waals surface area contributed by atoms with Crippen LogP contribution in [0.5, 0.6) is 0 Å². The number of hydrogen-bond donors (Lipinski definition) is 1. The number of carbonyl (C=O) groups is 1. The first kappa shape index (κ1) is 13.4. The van der Waals surface area contributed by atoms with Crippen LogP contribution in [0.1, 0.15) is 12.5 Å². The normalized spacial score (nSPS) is 12.6. The number of hydrogen-bond acceptors (Lipinski definition) is 3. The topological polar surface area (TPSA) is 56.0 Å². The van der Waals surface area contributed by atoms with Crippen molar-refractivity contribution < 1.29 is 4.79 Å². The highest BCUT2D eigenvalue weighted by Gasteiger charge is 2.11. The van der Waals surface area contributed by atoms with Gasteiger partial charge in [-0.1, -0.05) is 22.0 Å². The number of carbonyl (C=O) groups excluding carboxylic acids is 1. The molecule has 5 heteroatoms. The molecule has 3 nitrogen and oxygen atoms in total. The van der Waals surface area contributed by atoms with Gasteiger partial charge in [0, 0.05) is 21.8 Å². The first-order valence-electron chi connectivity index (χ1n) is 5.52. The highest BCUT2D eigenvalue weighted by Crippen LogP contribution is 2.27. The Morgan fingerprint density at radius 3 is 3.06 bits per heavy atom. The van der Waals surface area contributed by atoms with Crippen molar-refractivity contribution >= 4 is 44.5 Å². The quantitative estimate of drug-likeness (QED) is 0.940. The molecule has 2 aromatic rings. The second kappa shape index (κ2) is 5.71. The molecular weight excluding hydrogens is 312 g/mol. The average Bonchev–Trinajstić information content (AvgIpc) is 2.35. The van der Waals surface area contributed by atoms with Crippen LogP contribution in [0.2, 0.25) is 0 Å². The van der Waals surface area contributed by atoms with Gasteiger partial charge in [-0.25, -0.2) is 0 Å². The van der Waals surface area contributed by atoms with Crippen LogP contribution in [-0.4, -0.2) is 16.1 Å². The van der Waals surface area contributed by atoms with Gasteiger partial charge in [-0.05, 0) is 30.7 Å². The fourth-order valence-electron chi connectivity index (χ4n) is 1.63. The third-order valence-corrected chi connectivity index (χ3v) is 4.31. The number of benzene rings is 1. The Hall–Kier alpha value is -1.07. The molecule has 0 unspecified atom stereocenters. The van der Waals surface area contributed by atoms with Crippen molar-refractivity contribution in [2.24, 2.45) is 5.73 Å². The van der Waals surface area contributed by atoms with Gasteiger partial charge in [0.15, 0.2) is 0 Å². The lowest BCUT2D eigenvalue weighted by Crippen LogP contribution is -2.22. The molecule has 0 fully saturated rings. The molecule has 0 aliphatic carbocycles. The lowest BCUT2D eigenvalue weighted by Gasteiger charge is -2.09. The smallest absolute Gasteiger partial charge is 0.230 e. The first-order chi connectivity index (χ1) is 8.58. The number of nitrogens with zero attached hydrogens (tertiary/aromatic N) is 1. The Morgan fingerprint density at radius 1 is 1.56 bits per heavy atom. The first-order valence-corrected chi connectivity index (χ1v) is 7.36. The van der Waals surface area contributed by atoms with E-state index in [1.807, 2.05) is 31.2 Å². The van der Waals surface area contributed by atoms with Gasteiger partial charge >= 0.3 is 0 Å². The molecule has 1 amide bonds. The predicted octanol–water partition coefficient (Wildman–Crippen LogP) is 3.10. The van der Waals surface area contributed by atoms with E-state index < -0.39 is 0 Å². The Kier molecular flexibility index (Phi) is 4.24. The van der Waals surface area contributed by atoms with Crippen molar-refractivity contribution in [1.82, 2.24) is 4.98 Å². The van der Waals surface area contributed by atoms with Crippen LogP contribution in [0.15, 0.2) is 34.9 Å². The van der Waals surface area contributed by atoms with Crippen molar-refractivity contribution in [3.63, 3.8) is 0 Å². The average molecular weight is 325 g/mol. The summed E-state index contributed by atoms with van der Waals surface area (Å²) in [5.74, 6) is 0.434. The van der Waals surface area contributed by atoms with E-state index in [1.165, 1.54) is 11.8 Å². The summed E-state index contributed by atoms with van der Waals surface area (Å²) in [6, 6.07) is 8.01. The number of primary amides is 1. The molecule has 0 aliphatic heterocycles. The largest absolute Gasteiger partial charge is 0.369 e. The second-order valence-electron chi connectivity index (χ2n) is 4.00. The summed E-state index contributed by atoms with van der Waals surface area (Å²) >= 11 is 5.02. The molecule has 1 aromatic heterocycles. The number of pyridine rings is 1. The van der Waals surface area contributed by atoms with E-state index in [0.29, 0.717) is 0 Å². The SMILES string of the molecule is C[C@@H](SCc1cc(Br)cc2cccnc12)C(N)=O. The van der Waals surface area contributed by atoms with E-state index in [9.17, 15) is 4.79 Å². The molecule has 0 saturated carbocycles. The number of fused-ring (bicyclic) bond motifs is 1. The van der Waals surface area contributed by atoms with Gasteiger partial charge in [0.2, 0.25) is 5.91 Å². The monoisotopic (exact) mass is 324 g/mol. The molecule has 0 saturated heterocycles. The fraction of sp³-hybridized carbons (Fsp3) is 0.231. The van der Waals surface area contributed by atoms with E-state index in [1.54, 1.807) is 6.20 Å². The zero-order chi connectivity index (χ0) is 13.1. The second-order valence-corrected chi connectivity index (χ2v) is 6.24. The van der Waals surface area contributed by atoms with Crippen molar-refractivity contribution in [2.75, 3.05) is 0 Å². The molecular formula is C13H13BrN2OS. The van der Waals surface area contributed by atoms with Crippen LogP contribution in [0, 0.1) is 0 Å². The zero-order valence-corrected chi connectivity index (χ0v) is 12.3. The van der Waals surface area contributed by atoms with E-state index in [2.05, 4.69) is 20.9 Å². The molecule has 1 atom stereocenters. The Morgan fingerprint density at radius 2 is 2.33 bits per heavy atom. The molecule has 2 N–H and O–H groups in total. The maximum Gasteiger partial charge on any atom is 0.230 e. The summed E-state index contributed by atoms with van der Waals surface area (Å²) in [6.45, 7) is 1.82. The molecule has 1 aromatic carbocycles. The van der Waals surface area contributed by atoms with Crippen molar-refractivity contribution in [2.45, 2.75) is 17.9 Å². The highest BCUT2D eigenvalue weighted by molar-refractivity contribution is 9.10. The van der Waals surface area contributed by atoms with E-state index >= 15 is 0 Å². The van der Waals surface area contributed by atoms with Gasteiger partial charge in [-0.15, -0.1) is 11.8 Å². The molecule has 0 aliphatic rings. The van der Waals surface area contributed by atoms with E-state index in [-0.39, 0.29) is 11.2 Å². The fourth-order valence-corrected chi connectivity index (χ4v) is 2.97. The summed E-state index contributed by atoms with van der Waals surface area (Å²) in [5.41, 5.74) is 7.34. The Labute approximate surface area is 118 Å². The van der Waals surface area contributed by atoms with Crippen LogP contribution in [0.4, 0.5) is 0 Å². The van der Waals surface area contributed by atoms with Crippen LogP contribution in [0.3, 0.4) is 0 Å². The van der Waals surface area contributed by atoms with Gasteiger partial charge in [0.25, 0.3) is 0 Å². The minimum Gasteiger partial charge on any atom is -0.369 e. The summed E-state index contributed by atoms with van der Waals surface area (Å²) in [6.07, 6.45) is 1.78. The molecule has 2 rings (SSSR count). The minimum atomic E-state index is -0.285. The van der Waals surface area contributed by atoms with Crippen LogP contribution in [-0.2, 0) is 10.5 Å². The number of nitrogens with two attached hydrogens (primary N) is 1. The maximum absolute atomic E-state index is 11.0.